The van der Waals surface area contributed by atoms with E-state index in [0.717, 1.165) is 39.2 Å². The van der Waals surface area contributed by atoms with Crippen LogP contribution in [0.4, 0.5) is 0 Å². The number of thiazole rings is 1. The van der Waals surface area contributed by atoms with Gasteiger partial charge in [0.15, 0.2) is 0 Å². The summed E-state index contributed by atoms with van der Waals surface area (Å²) in [5.74, 6) is 0.645. The van der Waals surface area contributed by atoms with Gasteiger partial charge in [-0.25, -0.2) is 4.98 Å². The molecule has 5 heteroatoms. The molecule has 1 aliphatic rings. The van der Waals surface area contributed by atoms with Crippen LogP contribution in [-0.2, 0) is 24.4 Å². The number of rotatable bonds is 5. The molecule has 114 valence electrons. The van der Waals surface area contributed by atoms with Gasteiger partial charge in [0.1, 0.15) is 0 Å². The first-order valence-electron chi connectivity index (χ1n) is 7.50. The second-order valence-electron chi connectivity index (χ2n) is 5.83. The Balaban J connectivity index is 1.75. The lowest BCUT2D eigenvalue weighted by molar-refractivity contribution is 0.151. The summed E-state index contributed by atoms with van der Waals surface area (Å²) < 4.78 is 7.68. The van der Waals surface area contributed by atoms with Crippen LogP contribution in [0.2, 0.25) is 0 Å². The fraction of sp³-hybridized carbons (Fsp3) is 0.562. The molecule has 21 heavy (non-hydrogen) atoms. The quantitative estimate of drug-likeness (QED) is 0.851. The molecule has 0 spiro atoms. The van der Waals surface area contributed by atoms with Gasteiger partial charge in [-0.2, -0.15) is 0 Å². The van der Waals surface area contributed by atoms with Crippen LogP contribution in [0, 0.1) is 12.8 Å². The smallest absolute Gasteiger partial charge is 0.0798 e. The Morgan fingerprint density at radius 2 is 2.33 bits per heavy atom. The van der Waals surface area contributed by atoms with Gasteiger partial charge in [-0.15, -0.1) is 11.3 Å². The van der Waals surface area contributed by atoms with Gasteiger partial charge >= 0.3 is 0 Å². The van der Waals surface area contributed by atoms with E-state index in [4.69, 9.17) is 4.74 Å². The van der Waals surface area contributed by atoms with Gasteiger partial charge in [0.25, 0.3) is 0 Å². The fourth-order valence-electron chi connectivity index (χ4n) is 3.03. The van der Waals surface area contributed by atoms with Gasteiger partial charge in [-0.1, -0.05) is 0 Å². The number of nitrogens with zero attached hydrogens (tertiary/aromatic N) is 3. The Kier molecular flexibility index (Phi) is 4.73. The van der Waals surface area contributed by atoms with E-state index in [1.807, 2.05) is 5.51 Å². The lowest BCUT2D eigenvalue weighted by Crippen LogP contribution is -2.28. The molecule has 1 atom stereocenters. The van der Waals surface area contributed by atoms with Crippen molar-refractivity contribution in [2.75, 3.05) is 20.3 Å². The van der Waals surface area contributed by atoms with Crippen molar-refractivity contribution in [3.8, 4) is 0 Å². The van der Waals surface area contributed by atoms with Gasteiger partial charge < -0.3 is 9.30 Å². The van der Waals surface area contributed by atoms with Crippen molar-refractivity contribution in [2.45, 2.75) is 33.0 Å². The zero-order valence-electron chi connectivity index (χ0n) is 12.8. The van der Waals surface area contributed by atoms with Crippen LogP contribution in [0.1, 0.15) is 22.7 Å². The van der Waals surface area contributed by atoms with E-state index in [0.29, 0.717) is 5.92 Å². The molecular formula is C16H23N3OS. The number of aryl methyl sites for hydroxylation is 1. The highest BCUT2D eigenvalue weighted by Crippen LogP contribution is 2.23. The average Bonchev–Trinajstić information content (AvgIpc) is 3.03. The van der Waals surface area contributed by atoms with E-state index in [2.05, 4.69) is 39.7 Å². The molecule has 2 aromatic heterocycles. The minimum atomic E-state index is 0.645. The lowest BCUT2D eigenvalue weighted by atomic mass is 10.1. The van der Waals surface area contributed by atoms with Crippen LogP contribution in [0.15, 0.2) is 23.8 Å². The standard InChI is InChI=1S/C16H23N3OS/c1-13-16(21-12-17-13)11-18-8-14(5-7-20-2)9-19-6-3-4-15(19)10-18/h3-4,6,12,14H,5,7-11H2,1-2H3/t14-/m1/s1. The molecule has 0 saturated heterocycles. The molecular weight excluding hydrogens is 282 g/mol. The molecule has 0 saturated carbocycles. The van der Waals surface area contributed by atoms with Crippen molar-refractivity contribution in [1.82, 2.24) is 14.5 Å². The van der Waals surface area contributed by atoms with Gasteiger partial charge in [-0.3, -0.25) is 4.90 Å². The third-order valence-electron chi connectivity index (χ3n) is 4.22. The third kappa shape index (κ3) is 3.54. The summed E-state index contributed by atoms with van der Waals surface area (Å²) in [5.41, 5.74) is 4.54. The van der Waals surface area contributed by atoms with Crippen molar-refractivity contribution in [3.05, 3.63) is 40.1 Å². The van der Waals surface area contributed by atoms with E-state index in [1.165, 1.54) is 16.3 Å². The highest BCUT2D eigenvalue weighted by Gasteiger charge is 2.22. The molecule has 0 unspecified atom stereocenters. The van der Waals surface area contributed by atoms with Crippen LogP contribution in [-0.4, -0.2) is 34.7 Å². The SMILES string of the molecule is COCC[C@@H]1CN(Cc2scnc2C)Cc2cccn2C1. The zero-order valence-corrected chi connectivity index (χ0v) is 13.6. The Labute approximate surface area is 130 Å². The number of fused-ring (bicyclic) bond motifs is 1. The van der Waals surface area contributed by atoms with E-state index >= 15 is 0 Å². The Hall–Kier alpha value is -1.17. The lowest BCUT2D eigenvalue weighted by Gasteiger charge is -2.23. The topological polar surface area (TPSA) is 30.3 Å². The summed E-state index contributed by atoms with van der Waals surface area (Å²) in [5, 5.41) is 0. The number of aromatic nitrogens is 2. The second kappa shape index (κ2) is 6.73. The fourth-order valence-corrected chi connectivity index (χ4v) is 3.85. The Morgan fingerprint density at radius 3 is 3.10 bits per heavy atom. The molecule has 0 bridgehead atoms. The molecule has 3 rings (SSSR count). The summed E-state index contributed by atoms with van der Waals surface area (Å²) in [6.45, 7) is 7.20. The normalized spacial score (nSPS) is 19.4. The summed E-state index contributed by atoms with van der Waals surface area (Å²) in [7, 11) is 1.79. The van der Waals surface area contributed by atoms with E-state index < -0.39 is 0 Å². The van der Waals surface area contributed by atoms with Gasteiger partial charge in [0.05, 0.1) is 11.2 Å². The molecule has 3 heterocycles. The highest BCUT2D eigenvalue weighted by atomic mass is 32.1. The first-order valence-corrected chi connectivity index (χ1v) is 8.38. The number of hydrogen-bond acceptors (Lipinski definition) is 4. The van der Waals surface area contributed by atoms with Gasteiger partial charge in [0.2, 0.25) is 0 Å². The molecule has 4 nitrogen and oxygen atoms in total. The molecule has 0 N–H and O–H groups in total. The highest BCUT2D eigenvalue weighted by molar-refractivity contribution is 7.09. The molecule has 0 amide bonds. The maximum atomic E-state index is 5.28. The molecule has 0 radical (unpaired) electrons. The molecule has 2 aromatic rings. The maximum Gasteiger partial charge on any atom is 0.0798 e. The van der Waals surface area contributed by atoms with Crippen LogP contribution >= 0.6 is 11.3 Å². The minimum absolute atomic E-state index is 0.645. The molecule has 1 aliphatic heterocycles. The van der Waals surface area contributed by atoms with Crippen molar-refractivity contribution < 1.29 is 4.74 Å². The predicted molar refractivity (Wildman–Crippen MR) is 85.4 cm³/mol. The van der Waals surface area contributed by atoms with Crippen LogP contribution < -0.4 is 0 Å². The Morgan fingerprint density at radius 1 is 1.43 bits per heavy atom. The van der Waals surface area contributed by atoms with Crippen molar-refractivity contribution >= 4 is 11.3 Å². The first kappa shape index (κ1) is 14.8. The Bertz CT molecular complexity index is 578. The van der Waals surface area contributed by atoms with E-state index in [1.54, 1.807) is 18.4 Å². The van der Waals surface area contributed by atoms with Crippen LogP contribution in [0.5, 0.6) is 0 Å². The second-order valence-corrected chi connectivity index (χ2v) is 6.77. The predicted octanol–water partition coefficient (Wildman–Crippen LogP) is 2.92. The largest absolute Gasteiger partial charge is 0.385 e. The monoisotopic (exact) mass is 305 g/mol. The minimum Gasteiger partial charge on any atom is -0.385 e. The number of methoxy groups -OCH3 is 1. The van der Waals surface area contributed by atoms with Gasteiger partial charge in [-0.05, 0) is 31.4 Å². The first-order chi connectivity index (χ1) is 10.3. The number of ether oxygens (including phenoxy) is 1. The summed E-state index contributed by atoms with van der Waals surface area (Å²) in [4.78, 5) is 8.32. The van der Waals surface area contributed by atoms with Crippen molar-refractivity contribution in [2.24, 2.45) is 5.92 Å². The van der Waals surface area contributed by atoms with Crippen molar-refractivity contribution in [3.63, 3.8) is 0 Å². The molecule has 0 aliphatic carbocycles. The molecule has 0 fully saturated rings. The summed E-state index contributed by atoms with van der Waals surface area (Å²) >= 11 is 1.77. The molecule has 0 aromatic carbocycles. The van der Waals surface area contributed by atoms with Gasteiger partial charge in [0, 0.05) is 56.7 Å². The summed E-state index contributed by atoms with van der Waals surface area (Å²) in [6.07, 6.45) is 3.32. The zero-order chi connectivity index (χ0) is 14.7. The van der Waals surface area contributed by atoms with Crippen LogP contribution in [0.25, 0.3) is 0 Å². The van der Waals surface area contributed by atoms with Crippen molar-refractivity contribution in [1.29, 1.82) is 0 Å². The average molecular weight is 305 g/mol. The number of hydrogen-bond donors (Lipinski definition) is 0. The summed E-state index contributed by atoms with van der Waals surface area (Å²) in [6, 6.07) is 4.40. The van der Waals surface area contributed by atoms with E-state index in [-0.39, 0.29) is 0 Å². The van der Waals surface area contributed by atoms with Crippen LogP contribution in [0.3, 0.4) is 0 Å². The maximum absolute atomic E-state index is 5.28. The third-order valence-corrected chi connectivity index (χ3v) is 5.14. The van der Waals surface area contributed by atoms with E-state index in [9.17, 15) is 0 Å².